The number of aromatic nitrogens is 1. The molecule has 0 amide bonds. The molecule has 1 heterocycles. The van der Waals surface area contributed by atoms with Crippen molar-refractivity contribution in [3.05, 3.63) is 39.5 Å². The molecule has 2 aromatic rings. The Morgan fingerprint density at radius 3 is 2.73 bits per heavy atom. The molecule has 0 aliphatic carbocycles. The number of rotatable bonds is 0. The summed E-state index contributed by atoms with van der Waals surface area (Å²) in [6.07, 6.45) is 0. The average molecular weight is 237 g/mol. The maximum atomic E-state index is 8.87. The van der Waals surface area contributed by atoms with Gasteiger partial charge in [0, 0.05) is 5.39 Å². The summed E-state index contributed by atoms with van der Waals surface area (Å²) in [6, 6.07) is 7.60. The molecule has 74 valence electrons. The minimum Gasteiger partial charge on any atom is -0.235 e. The van der Waals surface area contributed by atoms with E-state index >= 15 is 0 Å². The molecule has 0 aliphatic rings. The van der Waals surface area contributed by atoms with Crippen LogP contribution in [0.5, 0.6) is 0 Å². The third kappa shape index (κ3) is 1.65. The molecule has 0 unspecified atom stereocenters. The van der Waals surface area contributed by atoms with Crippen LogP contribution in [0.25, 0.3) is 10.9 Å². The second-order valence-corrected chi connectivity index (χ2v) is 3.96. The van der Waals surface area contributed by atoms with E-state index in [4.69, 9.17) is 28.5 Å². The van der Waals surface area contributed by atoms with Gasteiger partial charge in [0.05, 0.1) is 10.5 Å². The number of pyridine rings is 1. The second-order valence-electron chi connectivity index (χ2n) is 3.22. The molecule has 15 heavy (non-hydrogen) atoms. The fourth-order valence-electron chi connectivity index (χ4n) is 1.41. The number of fused-ring (bicyclic) bond motifs is 1. The second kappa shape index (κ2) is 3.69. The van der Waals surface area contributed by atoms with Crippen LogP contribution in [0.1, 0.15) is 11.1 Å². The minimum atomic E-state index is 0.152. The molecule has 0 bridgehead atoms. The van der Waals surface area contributed by atoms with Crippen LogP contribution in [0.4, 0.5) is 0 Å². The maximum Gasteiger partial charge on any atom is 0.149 e. The lowest BCUT2D eigenvalue weighted by Crippen LogP contribution is -1.88. The van der Waals surface area contributed by atoms with Crippen molar-refractivity contribution in [2.45, 2.75) is 6.92 Å². The van der Waals surface area contributed by atoms with Crippen molar-refractivity contribution < 1.29 is 0 Å². The number of hydrogen-bond donors (Lipinski definition) is 0. The molecule has 1 aromatic heterocycles. The summed E-state index contributed by atoms with van der Waals surface area (Å²) >= 11 is 11.9. The monoisotopic (exact) mass is 236 g/mol. The number of halogens is 2. The first-order valence-electron chi connectivity index (χ1n) is 4.29. The Hall–Kier alpha value is -1.30. The largest absolute Gasteiger partial charge is 0.235 e. The van der Waals surface area contributed by atoms with E-state index in [2.05, 4.69) is 4.98 Å². The summed E-state index contributed by atoms with van der Waals surface area (Å²) in [5, 5.41) is 10.2. The summed E-state index contributed by atoms with van der Waals surface area (Å²) in [5.74, 6) is 0. The van der Waals surface area contributed by atoms with Gasteiger partial charge in [0.2, 0.25) is 0 Å². The van der Waals surface area contributed by atoms with E-state index in [-0.39, 0.29) is 10.7 Å². The van der Waals surface area contributed by atoms with E-state index in [1.54, 1.807) is 0 Å². The van der Waals surface area contributed by atoms with Gasteiger partial charge in [-0.1, -0.05) is 34.8 Å². The number of nitrogens with zero attached hydrogens (tertiary/aromatic N) is 2. The van der Waals surface area contributed by atoms with Gasteiger partial charge in [-0.05, 0) is 19.1 Å². The summed E-state index contributed by atoms with van der Waals surface area (Å²) in [7, 11) is 0. The first kappa shape index (κ1) is 10.2. The van der Waals surface area contributed by atoms with Crippen molar-refractivity contribution in [3.63, 3.8) is 0 Å². The van der Waals surface area contributed by atoms with Crippen molar-refractivity contribution in [2.75, 3.05) is 0 Å². The third-order valence-electron chi connectivity index (χ3n) is 2.14. The fourth-order valence-corrected chi connectivity index (χ4v) is 1.96. The highest BCUT2D eigenvalue weighted by Crippen LogP contribution is 2.30. The molecule has 0 aliphatic heterocycles. The maximum absolute atomic E-state index is 8.87. The lowest BCUT2D eigenvalue weighted by Gasteiger charge is -2.04. The van der Waals surface area contributed by atoms with Gasteiger partial charge in [0.25, 0.3) is 0 Å². The predicted octanol–water partition coefficient (Wildman–Crippen LogP) is 3.72. The molecule has 0 radical (unpaired) electrons. The molecule has 2 nitrogen and oxygen atoms in total. The fraction of sp³-hybridized carbons (Fsp3) is 0.0909. The van der Waals surface area contributed by atoms with E-state index in [9.17, 15) is 0 Å². The summed E-state index contributed by atoms with van der Waals surface area (Å²) < 4.78 is 0. The van der Waals surface area contributed by atoms with Crippen LogP contribution < -0.4 is 0 Å². The first-order valence-corrected chi connectivity index (χ1v) is 5.04. The average Bonchev–Trinajstić information content (AvgIpc) is 2.20. The van der Waals surface area contributed by atoms with Crippen LogP contribution >= 0.6 is 23.2 Å². The Labute approximate surface area is 97.1 Å². The van der Waals surface area contributed by atoms with Gasteiger partial charge in [0.15, 0.2) is 0 Å². The normalized spacial score (nSPS) is 10.3. The van der Waals surface area contributed by atoms with Crippen LogP contribution in [0.3, 0.4) is 0 Å². The van der Waals surface area contributed by atoms with Gasteiger partial charge in [-0.3, -0.25) is 0 Å². The van der Waals surface area contributed by atoms with Gasteiger partial charge >= 0.3 is 0 Å². The van der Waals surface area contributed by atoms with Gasteiger partial charge in [-0.15, -0.1) is 0 Å². The number of hydrogen-bond acceptors (Lipinski definition) is 2. The third-order valence-corrected chi connectivity index (χ3v) is 2.81. The number of benzene rings is 1. The van der Waals surface area contributed by atoms with Gasteiger partial charge in [-0.25, -0.2) is 4.98 Å². The minimum absolute atomic E-state index is 0.152. The summed E-state index contributed by atoms with van der Waals surface area (Å²) in [6.45, 7) is 1.95. The summed E-state index contributed by atoms with van der Waals surface area (Å²) in [4.78, 5) is 4.11. The SMILES string of the molecule is Cc1ccc2nc(Cl)c(C#N)c(Cl)c2c1. The van der Waals surface area contributed by atoms with Gasteiger partial charge in [0.1, 0.15) is 16.8 Å². The lowest BCUT2D eigenvalue weighted by atomic mass is 10.1. The highest BCUT2D eigenvalue weighted by atomic mass is 35.5. The summed E-state index contributed by atoms with van der Waals surface area (Å²) in [5.41, 5.74) is 2.00. The molecule has 0 saturated carbocycles. The molecular weight excluding hydrogens is 231 g/mol. The Kier molecular flexibility index (Phi) is 2.52. The zero-order chi connectivity index (χ0) is 11.0. The highest BCUT2D eigenvalue weighted by molar-refractivity contribution is 6.39. The van der Waals surface area contributed by atoms with E-state index in [0.717, 1.165) is 10.9 Å². The van der Waals surface area contributed by atoms with E-state index in [1.165, 1.54) is 0 Å². The van der Waals surface area contributed by atoms with Crippen LogP contribution in [-0.2, 0) is 0 Å². The number of aryl methyl sites for hydroxylation is 1. The molecule has 0 N–H and O–H groups in total. The molecule has 0 spiro atoms. The van der Waals surface area contributed by atoms with Crippen molar-refractivity contribution >= 4 is 34.1 Å². The molecule has 2 rings (SSSR count). The quantitative estimate of drug-likeness (QED) is 0.654. The standard InChI is InChI=1S/C11H6Cl2N2/c1-6-2-3-9-7(4-6)10(12)8(5-14)11(13)15-9/h2-4H,1H3. The zero-order valence-electron chi connectivity index (χ0n) is 7.88. The van der Waals surface area contributed by atoms with Gasteiger partial charge in [-0.2, -0.15) is 5.26 Å². The van der Waals surface area contributed by atoms with Crippen LogP contribution in [0, 0.1) is 18.3 Å². The molecule has 1 aromatic carbocycles. The Morgan fingerprint density at radius 1 is 1.33 bits per heavy atom. The predicted molar refractivity (Wildman–Crippen MR) is 61.2 cm³/mol. The first-order chi connectivity index (χ1) is 7.13. The Bertz CT molecular complexity index is 585. The van der Waals surface area contributed by atoms with Crippen molar-refractivity contribution in [1.29, 1.82) is 5.26 Å². The lowest BCUT2D eigenvalue weighted by molar-refractivity contribution is 1.36. The zero-order valence-corrected chi connectivity index (χ0v) is 9.39. The Morgan fingerprint density at radius 2 is 2.07 bits per heavy atom. The van der Waals surface area contributed by atoms with E-state index in [1.807, 2.05) is 31.2 Å². The molecular formula is C11H6Cl2N2. The van der Waals surface area contributed by atoms with E-state index < -0.39 is 0 Å². The van der Waals surface area contributed by atoms with E-state index in [0.29, 0.717) is 10.5 Å². The van der Waals surface area contributed by atoms with Crippen LogP contribution in [-0.4, -0.2) is 4.98 Å². The number of nitriles is 1. The molecule has 4 heteroatoms. The van der Waals surface area contributed by atoms with Crippen molar-refractivity contribution in [3.8, 4) is 6.07 Å². The smallest absolute Gasteiger partial charge is 0.149 e. The Balaban J connectivity index is 2.94. The van der Waals surface area contributed by atoms with Crippen molar-refractivity contribution in [2.24, 2.45) is 0 Å². The molecule has 0 fully saturated rings. The van der Waals surface area contributed by atoms with Gasteiger partial charge < -0.3 is 0 Å². The topological polar surface area (TPSA) is 36.7 Å². The molecule has 0 saturated heterocycles. The highest BCUT2D eigenvalue weighted by Gasteiger charge is 2.11. The molecule has 0 atom stereocenters. The van der Waals surface area contributed by atoms with Crippen LogP contribution in [0.15, 0.2) is 18.2 Å². The van der Waals surface area contributed by atoms with Crippen LogP contribution in [0.2, 0.25) is 10.2 Å². The van der Waals surface area contributed by atoms with Crippen molar-refractivity contribution in [1.82, 2.24) is 4.98 Å².